The summed E-state index contributed by atoms with van der Waals surface area (Å²) in [6.07, 6.45) is 5.63. The summed E-state index contributed by atoms with van der Waals surface area (Å²) in [5.41, 5.74) is 15.2. The Hall–Kier alpha value is -7.23. The van der Waals surface area contributed by atoms with Crippen molar-refractivity contribution in [2.45, 2.75) is 25.7 Å². The molecule has 9 aromatic rings. The van der Waals surface area contributed by atoms with Crippen molar-refractivity contribution < 1.29 is 0 Å². The number of nitrogens with zero attached hydrogens (tertiary/aromatic N) is 3. The smallest absolute Gasteiger partial charge is 0.164 e. The molecule has 3 nitrogen and oxygen atoms in total. The summed E-state index contributed by atoms with van der Waals surface area (Å²) in [6.45, 7) is 4.60. The summed E-state index contributed by atoms with van der Waals surface area (Å²) < 4.78 is 0. The third kappa shape index (κ3) is 4.90. The van der Waals surface area contributed by atoms with Crippen molar-refractivity contribution >= 4 is 27.1 Å². The lowest BCUT2D eigenvalue weighted by Crippen LogP contribution is -2.26. The van der Waals surface area contributed by atoms with Crippen molar-refractivity contribution in [3.8, 4) is 56.4 Å². The monoisotopic (exact) mass is 741 g/mol. The fourth-order valence-electron chi connectivity index (χ4n) is 9.90. The van der Waals surface area contributed by atoms with E-state index in [4.69, 9.17) is 15.0 Å². The van der Waals surface area contributed by atoms with Crippen LogP contribution >= 0.6 is 0 Å². The van der Waals surface area contributed by atoms with Crippen LogP contribution in [0.4, 0.5) is 0 Å². The first-order valence-corrected chi connectivity index (χ1v) is 20.2. The van der Waals surface area contributed by atoms with E-state index in [1.54, 1.807) is 0 Å². The fraction of sp³-hybridized carbons (Fsp3) is 0.0727. The third-order valence-electron chi connectivity index (χ3n) is 12.3. The molecule has 0 bridgehead atoms. The summed E-state index contributed by atoms with van der Waals surface area (Å²) >= 11 is 0. The normalized spacial score (nSPS) is 15.4. The van der Waals surface area contributed by atoms with E-state index in [-0.39, 0.29) is 0 Å². The zero-order valence-corrected chi connectivity index (χ0v) is 32.4. The van der Waals surface area contributed by atoms with Crippen LogP contribution in [0.5, 0.6) is 0 Å². The molecular weight excluding hydrogens is 703 g/mol. The van der Waals surface area contributed by atoms with Crippen LogP contribution in [0.2, 0.25) is 0 Å². The molecule has 0 saturated heterocycles. The molecule has 3 heteroatoms. The molecule has 0 saturated carbocycles. The molecule has 1 atom stereocenters. The van der Waals surface area contributed by atoms with Crippen LogP contribution in [0.25, 0.3) is 83.5 Å². The molecule has 1 heterocycles. The molecule has 1 aromatic heterocycles. The average molecular weight is 742 g/mol. The van der Waals surface area contributed by atoms with Gasteiger partial charge in [-0.3, -0.25) is 0 Å². The van der Waals surface area contributed by atoms with E-state index in [1.165, 1.54) is 71.6 Å². The number of aromatic nitrogens is 3. The summed E-state index contributed by atoms with van der Waals surface area (Å²) in [5.74, 6) is 1.95. The number of benzene rings is 8. The maximum atomic E-state index is 5.21. The maximum Gasteiger partial charge on any atom is 0.164 e. The van der Waals surface area contributed by atoms with Gasteiger partial charge in [-0.1, -0.05) is 195 Å². The van der Waals surface area contributed by atoms with Crippen molar-refractivity contribution in [1.82, 2.24) is 15.0 Å². The van der Waals surface area contributed by atoms with E-state index in [0.717, 1.165) is 28.7 Å². The second kappa shape index (κ2) is 13.5. The SMILES string of the molecule is CC/C=C\C1=C(C)C2(c3ccccc3-c3c2c2ccccc2c2ccccc32)c2cccc(-c3ccccc3-c3nc(-c4ccccc4)nc(-c4ccccc4)n3)c21. The van der Waals surface area contributed by atoms with E-state index >= 15 is 0 Å². The molecule has 58 heavy (non-hydrogen) atoms. The van der Waals surface area contributed by atoms with Gasteiger partial charge in [-0.05, 0) is 90.5 Å². The van der Waals surface area contributed by atoms with Crippen molar-refractivity contribution in [3.05, 3.63) is 216 Å². The molecular formula is C55H39N3. The minimum atomic E-state index is -0.503. The highest BCUT2D eigenvalue weighted by atomic mass is 15.0. The molecule has 0 amide bonds. The molecule has 0 aliphatic heterocycles. The summed E-state index contributed by atoms with van der Waals surface area (Å²) in [4.78, 5) is 15.4. The van der Waals surface area contributed by atoms with Crippen LogP contribution in [0.3, 0.4) is 0 Å². The van der Waals surface area contributed by atoms with Crippen LogP contribution in [-0.4, -0.2) is 15.0 Å². The first-order chi connectivity index (χ1) is 28.7. The Bertz CT molecular complexity index is 3100. The van der Waals surface area contributed by atoms with Gasteiger partial charge in [0.1, 0.15) is 0 Å². The van der Waals surface area contributed by atoms with Gasteiger partial charge < -0.3 is 0 Å². The van der Waals surface area contributed by atoms with E-state index in [0.29, 0.717) is 17.5 Å². The molecule has 274 valence electrons. The Morgan fingerprint density at radius 3 is 1.60 bits per heavy atom. The van der Waals surface area contributed by atoms with E-state index in [2.05, 4.69) is 166 Å². The lowest BCUT2D eigenvalue weighted by molar-refractivity contribution is 0.774. The number of allylic oxidation sites excluding steroid dienone is 4. The minimum absolute atomic E-state index is 0.503. The largest absolute Gasteiger partial charge is 0.208 e. The third-order valence-corrected chi connectivity index (χ3v) is 12.3. The van der Waals surface area contributed by atoms with Gasteiger partial charge in [0.25, 0.3) is 0 Å². The Balaban J connectivity index is 1.22. The number of rotatable bonds is 6. The zero-order valence-electron chi connectivity index (χ0n) is 32.4. The number of hydrogen-bond acceptors (Lipinski definition) is 3. The Labute approximate surface area is 338 Å². The molecule has 1 spiro atoms. The second-order valence-electron chi connectivity index (χ2n) is 15.3. The standard InChI is InChI=1S/C55H39N3/c1-3-4-24-38-35(2)55(47-33-18-17-31-46(47)50-43-28-14-11-25-39(43)40-26-12-15-29-44(40)51(50)55)48-34-19-32-42(49(38)48)41-27-13-16-30-45(41)54-57-52(36-20-7-5-8-21-36)56-53(58-54)37-22-9-6-10-23-37/h4-34H,3H2,1-2H3/b24-4-. The van der Waals surface area contributed by atoms with Gasteiger partial charge >= 0.3 is 0 Å². The van der Waals surface area contributed by atoms with Gasteiger partial charge in [0.2, 0.25) is 0 Å². The van der Waals surface area contributed by atoms with E-state index in [1.807, 2.05) is 36.4 Å². The van der Waals surface area contributed by atoms with Gasteiger partial charge in [-0.25, -0.2) is 15.0 Å². The van der Waals surface area contributed by atoms with E-state index < -0.39 is 5.41 Å². The lowest BCUT2D eigenvalue weighted by atomic mass is 9.68. The van der Waals surface area contributed by atoms with Gasteiger partial charge in [0, 0.05) is 16.7 Å². The highest BCUT2D eigenvalue weighted by Gasteiger charge is 2.53. The molecule has 1 unspecified atom stereocenters. The molecule has 2 aliphatic carbocycles. The molecule has 8 aromatic carbocycles. The summed E-state index contributed by atoms with van der Waals surface area (Å²) in [5, 5.41) is 5.18. The van der Waals surface area contributed by atoms with Gasteiger partial charge in [0.15, 0.2) is 17.5 Å². The first kappa shape index (κ1) is 34.1. The second-order valence-corrected chi connectivity index (χ2v) is 15.3. The van der Waals surface area contributed by atoms with Gasteiger partial charge in [0.05, 0.1) is 5.41 Å². The molecule has 11 rings (SSSR count). The molecule has 0 N–H and O–H groups in total. The topological polar surface area (TPSA) is 38.7 Å². The van der Waals surface area contributed by atoms with Gasteiger partial charge in [-0.15, -0.1) is 0 Å². The fourth-order valence-corrected chi connectivity index (χ4v) is 9.90. The van der Waals surface area contributed by atoms with Crippen LogP contribution in [0.15, 0.2) is 194 Å². The summed E-state index contributed by atoms with van der Waals surface area (Å²) in [6, 6.07) is 63.1. The highest BCUT2D eigenvalue weighted by Crippen LogP contribution is 2.65. The molecule has 0 fully saturated rings. The average Bonchev–Trinajstić information content (AvgIpc) is 3.75. The highest BCUT2D eigenvalue weighted by molar-refractivity contribution is 6.20. The first-order valence-electron chi connectivity index (χ1n) is 20.2. The van der Waals surface area contributed by atoms with Crippen LogP contribution in [-0.2, 0) is 5.41 Å². The molecule has 0 radical (unpaired) electrons. The van der Waals surface area contributed by atoms with Crippen molar-refractivity contribution in [2.24, 2.45) is 0 Å². The number of hydrogen-bond donors (Lipinski definition) is 0. The predicted octanol–water partition coefficient (Wildman–Crippen LogP) is 13.9. The van der Waals surface area contributed by atoms with Gasteiger partial charge in [-0.2, -0.15) is 0 Å². The summed E-state index contributed by atoms with van der Waals surface area (Å²) in [7, 11) is 0. The lowest BCUT2D eigenvalue weighted by Gasteiger charge is -2.32. The maximum absolute atomic E-state index is 5.21. The van der Waals surface area contributed by atoms with Crippen molar-refractivity contribution in [1.29, 1.82) is 0 Å². The van der Waals surface area contributed by atoms with Crippen LogP contribution < -0.4 is 0 Å². The zero-order chi connectivity index (χ0) is 38.8. The predicted molar refractivity (Wildman–Crippen MR) is 240 cm³/mol. The van der Waals surface area contributed by atoms with Crippen LogP contribution in [0.1, 0.15) is 42.5 Å². The quantitative estimate of drug-likeness (QED) is 0.159. The van der Waals surface area contributed by atoms with E-state index in [9.17, 15) is 0 Å². The van der Waals surface area contributed by atoms with Crippen LogP contribution in [0, 0.1) is 0 Å². The Morgan fingerprint density at radius 1 is 0.431 bits per heavy atom. The van der Waals surface area contributed by atoms with Crippen molar-refractivity contribution in [2.75, 3.05) is 0 Å². The molecule has 2 aliphatic rings. The number of fused-ring (bicyclic) bond motifs is 12. The minimum Gasteiger partial charge on any atom is -0.208 e. The Morgan fingerprint density at radius 2 is 0.931 bits per heavy atom. The Kier molecular flexibility index (Phi) is 7.90. The van der Waals surface area contributed by atoms with Crippen molar-refractivity contribution in [3.63, 3.8) is 0 Å².